The van der Waals surface area contributed by atoms with Gasteiger partial charge in [-0.25, -0.2) is 0 Å². The maximum atomic E-state index is 11.5. The van der Waals surface area contributed by atoms with Crippen molar-refractivity contribution in [3.05, 3.63) is 0 Å². The molecule has 0 amide bonds. The van der Waals surface area contributed by atoms with Crippen LogP contribution in [0.2, 0.25) is 0 Å². The topological polar surface area (TPSA) is 52.6 Å². The number of hydrogen-bond donors (Lipinski definition) is 0. The fraction of sp³-hybridized carbons (Fsp3) is 0.800. The molecule has 0 rings (SSSR count). The number of halogens is 1. The minimum Gasteiger partial charge on any atom is -0.465 e. The third-order valence-electron chi connectivity index (χ3n) is 1.70. The molecule has 0 aliphatic heterocycles. The van der Waals surface area contributed by atoms with Crippen molar-refractivity contribution in [3.63, 3.8) is 0 Å². The SMILES string of the molecule is CC(=O)OCC(C)(C)C(=O)OCCCCl. The zero-order chi connectivity index (χ0) is 11.9. The molecular formula is C10H17ClO4. The van der Waals surface area contributed by atoms with Crippen molar-refractivity contribution in [1.82, 2.24) is 0 Å². The van der Waals surface area contributed by atoms with Gasteiger partial charge in [0.25, 0.3) is 0 Å². The summed E-state index contributed by atoms with van der Waals surface area (Å²) < 4.78 is 9.73. The van der Waals surface area contributed by atoms with Crippen molar-refractivity contribution in [2.75, 3.05) is 19.1 Å². The van der Waals surface area contributed by atoms with Gasteiger partial charge in [0.05, 0.1) is 12.0 Å². The maximum Gasteiger partial charge on any atom is 0.314 e. The summed E-state index contributed by atoms with van der Waals surface area (Å²) in [6, 6.07) is 0. The predicted octanol–water partition coefficient (Wildman–Crippen LogP) is 1.75. The first kappa shape index (κ1) is 14.2. The highest BCUT2D eigenvalue weighted by molar-refractivity contribution is 6.17. The molecule has 0 N–H and O–H groups in total. The van der Waals surface area contributed by atoms with E-state index in [4.69, 9.17) is 21.1 Å². The van der Waals surface area contributed by atoms with Crippen LogP contribution < -0.4 is 0 Å². The van der Waals surface area contributed by atoms with E-state index in [0.717, 1.165) is 0 Å². The van der Waals surface area contributed by atoms with Crippen LogP contribution in [0.1, 0.15) is 27.2 Å². The van der Waals surface area contributed by atoms with E-state index in [1.807, 2.05) is 0 Å². The molecule has 5 heteroatoms. The summed E-state index contributed by atoms with van der Waals surface area (Å²) in [5.74, 6) is -0.331. The molecule has 0 heterocycles. The number of carbonyl (C=O) groups excluding carboxylic acids is 2. The van der Waals surface area contributed by atoms with Crippen LogP contribution in [0.25, 0.3) is 0 Å². The highest BCUT2D eigenvalue weighted by Crippen LogP contribution is 2.18. The lowest BCUT2D eigenvalue weighted by molar-refractivity contribution is -0.160. The van der Waals surface area contributed by atoms with Crippen LogP contribution in [-0.4, -0.2) is 31.0 Å². The van der Waals surface area contributed by atoms with Crippen molar-refractivity contribution >= 4 is 23.5 Å². The van der Waals surface area contributed by atoms with Gasteiger partial charge < -0.3 is 9.47 Å². The Labute approximate surface area is 94.9 Å². The Hall–Kier alpha value is -0.770. The lowest BCUT2D eigenvalue weighted by Crippen LogP contribution is -2.32. The van der Waals surface area contributed by atoms with E-state index in [0.29, 0.717) is 18.9 Å². The van der Waals surface area contributed by atoms with Crippen molar-refractivity contribution in [3.8, 4) is 0 Å². The summed E-state index contributed by atoms with van der Waals surface area (Å²) in [5.41, 5.74) is -0.808. The van der Waals surface area contributed by atoms with Crippen LogP contribution in [-0.2, 0) is 19.1 Å². The molecule has 0 bridgehead atoms. The maximum absolute atomic E-state index is 11.5. The molecule has 0 saturated heterocycles. The lowest BCUT2D eigenvalue weighted by atomic mass is 9.95. The first-order valence-corrected chi connectivity index (χ1v) is 5.30. The Kier molecular flexibility index (Phi) is 6.32. The first-order valence-electron chi connectivity index (χ1n) is 4.76. The minimum absolute atomic E-state index is 0.0298. The second kappa shape index (κ2) is 6.67. The summed E-state index contributed by atoms with van der Waals surface area (Å²) in [6.45, 7) is 4.96. The van der Waals surface area contributed by atoms with Crippen LogP contribution in [0, 0.1) is 5.41 Å². The third-order valence-corrected chi connectivity index (χ3v) is 1.97. The zero-order valence-corrected chi connectivity index (χ0v) is 10.1. The van der Waals surface area contributed by atoms with Crippen molar-refractivity contribution in [2.24, 2.45) is 5.41 Å². The normalized spacial score (nSPS) is 10.9. The quantitative estimate of drug-likeness (QED) is 0.401. The summed E-state index contributed by atoms with van der Waals surface area (Å²) >= 11 is 5.44. The number of esters is 2. The molecule has 0 aromatic heterocycles. The second-order valence-electron chi connectivity index (χ2n) is 3.84. The fourth-order valence-corrected chi connectivity index (χ4v) is 0.865. The molecule has 0 unspecified atom stereocenters. The van der Waals surface area contributed by atoms with Gasteiger partial charge in [0.2, 0.25) is 0 Å². The predicted molar refractivity (Wildman–Crippen MR) is 56.7 cm³/mol. The lowest BCUT2D eigenvalue weighted by Gasteiger charge is -2.21. The highest BCUT2D eigenvalue weighted by Gasteiger charge is 2.30. The van der Waals surface area contributed by atoms with E-state index in [1.165, 1.54) is 6.92 Å². The fourth-order valence-electron chi connectivity index (χ4n) is 0.756. The standard InChI is InChI=1S/C10H17ClO4/c1-8(12)15-7-10(2,3)9(13)14-6-4-5-11/h4-7H2,1-3H3. The number of rotatable bonds is 6. The summed E-state index contributed by atoms with van der Waals surface area (Å²) in [5, 5.41) is 0. The van der Waals surface area contributed by atoms with E-state index < -0.39 is 11.4 Å². The van der Waals surface area contributed by atoms with Crippen molar-refractivity contribution in [1.29, 1.82) is 0 Å². The van der Waals surface area contributed by atoms with E-state index in [2.05, 4.69) is 0 Å². The molecule has 0 atom stereocenters. The Balaban J connectivity index is 3.96. The minimum atomic E-state index is -0.808. The molecule has 0 fully saturated rings. The van der Waals surface area contributed by atoms with Crippen LogP contribution in [0.3, 0.4) is 0 Å². The summed E-state index contributed by atoms with van der Waals surface area (Å²) in [6.07, 6.45) is 0.622. The van der Waals surface area contributed by atoms with Crippen molar-refractivity contribution < 1.29 is 19.1 Å². The van der Waals surface area contributed by atoms with E-state index in [9.17, 15) is 9.59 Å². The molecule has 0 spiro atoms. The van der Waals surface area contributed by atoms with Crippen LogP contribution >= 0.6 is 11.6 Å². The Morgan fingerprint density at radius 1 is 1.27 bits per heavy atom. The van der Waals surface area contributed by atoms with Gasteiger partial charge in [-0.2, -0.15) is 0 Å². The van der Waals surface area contributed by atoms with Crippen LogP contribution in [0.15, 0.2) is 0 Å². The van der Waals surface area contributed by atoms with Crippen LogP contribution in [0.4, 0.5) is 0 Å². The third kappa shape index (κ3) is 6.33. The second-order valence-corrected chi connectivity index (χ2v) is 4.22. The Morgan fingerprint density at radius 3 is 2.33 bits per heavy atom. The van der Waals surface area contributed by atoms with Gasteiger partial charge in [0.1, 0.15) is 6.61 Å². The average Bonchev–Trinajstić information content (AvgIpc) is 2.15. The van der Waals surface area contributed by atoms with Gasteiger partial charge in [-0.3, -0.25) is 9.59 Å². The van der Waals surface area contributed by atoms with E-state index in [1.54, 1.807) is 13.8 Å². The monoisotopic (exact) mass is 236 g/mol. The molecule has 0 aliphatic rings. The summed E-state index contributed by atoms with van der Waals surface area (Å²) in [7, 11) is 0. The summed E-state index contributed by atoms with van der Waals surface area (Å²) in [4.78, 5) is 22.1. The molecule has 88 valence electrons. The number of carbonyl (C=O) groups is 2. The Bertz CT molecular complexity index is 225. The van der Waals surface area contributed by atoms with Gasteiger partial charge >= 0.3 is 11.9 Å². The van der Waals surface area contributed by atoms with Gasteiger partial charge in [0.15, 0.2) is 0 Å². The number of ether oxygens (including phenoxy) is 2. The molecule has 4 nitrogen and oxygen atoms in total. The van der Waals surface area contributed by atoms with Gasteiger partial charge in [0, 0.05) is 12.8 Å². The number of hydrogen-bond acceptors (Lipinski definition) is 4. The van der Waals surface area contributed by atoms with Crippen molar-refractivity contribution in [2.45, 2.75) is 27.2 Å². The Morgan fingerprint density at radius 2 is 1.87 bits per heavy atom. The van der Waals surface area contributed by atoms with E-state index >= 15 is 0 Å². The molecule has 0 saturated carbocycles. The van der Waals surface area contributed by atoms with Gasteiger partial charge in [-0.1, -0.05) is 0 Å². The zero-order valence-electron chi connectivity index (χ0n) is 9.34. The van der Waals surface area contributed by atoms with E-state index in [-0.39, 0.29) is 12.6 Å². The molecule has 0 aliphatic carbocycles. The molecule has 15 heavy (non-hydrogen) atoms. The smallest absolute Gasteiger partial charge is 0.314 e. The molecular weight excluding hydrogens is 220 g/mol. The molecule has 0 aromatic rings. The first-order chi connectivity index (χ1) is 6.90. The number of alkyl halides is 1. The van der Waals surface area contributed by atoms with Gasteiger partial charge in [-0.05, 0) is 20.3 Å². The average molecular weight is 237 g/mol. The largest absolute Gasteiger partial charge is 0.465 e. The molecule has 0 aromatic carbocycles. The van der Waals surface area contributed by atoms with Crippen LogP contribution in [0.5, 0.6) is 0 Å². The highest BCUT2D eigenvalue weighted by atomic mass is 35.5. The van der Waals surface area contributed by atoms with Gasteiger partial charge in [-0.15, -0.1) is 11.6 Å². The molecule has 0 radical (unpaired) electrons.